The van der Waals surface area contributed by atoms with Gasteiger partial charge >= 0.3 is 0 Å². The SMILES string of the molecule is COCCNCc1ccc(OCC2CCOCC2)cc1. The lowest BCUT2D eigenvalue weighted by molar-refractivity contribution is 0.0497. The Hall–Kier alpha value is -1.10. The second-order valence-corrected chi connectivity index (χ2v) is 5.18. The van der Waals surface area contributed by atoms with Gasteiger partial charge in [0.25, 0.3) is 0 Å². The Morgan fingerprint density at radius 2 is 1.95 bits per heavy atom. The Bertz CT molecular complexity index is 360. The summed E-state index contributed by atoms with van der Waals surface area (Å²) in [6.45, 7) is 5.03. The van der Waals surface area contributed by atoms with E-state index in [0.717, 1.165) is 58.1 Å². The first-order valence-corrected chi connectivity index (χ1v) is 7.37. The van der Waals surface area contributed by atoms with Crippen LogP contribution in [0.2, 0.25) is 0 Å². The topological polar surface area (TPSA) is 39.7 Å². The molecular formula is C16H25NO3. The minimum atomic E-state index is 0.638. The van der Waals surface area contributed by atoms with E-state index in [2.05, 4.69) is 17.4 Å². The van der Waals surface area contributed by atoms with Crippen LogP contribution in [0.15, 0.2) is 24.3 Å². The highest BCUT2D eigenvalue weighted by molar-refractivity contribution is 5.27. The number of hydrogen-bond donors (Lipinski definition) is 1. The molecule has 1 saturated heterocycles. The van der Waals surface area contributed by atoms with E-state index >= 15 is 0 Å². The minimum Gasteiger partial charge on any atom is -0.493 e. The Labute approximate surface area is 121 Å². The van der Waals surface area contributed by atoms with Crippen LogP contribution in [0.4, 0.5) is 0 Å². The van der Waals surface area contributed by atoms with Gasteiger partial charge in [-0.05, 0) is 36.5 Å². The van der Waals surface area contributed by atoms with Crippen molar-refractivity contribution in [3.8, 4) is 5.75 Å². The maximum atomic E-state index is 5.85. The van der Waals surface area contributed by atoms with Crippen LogP contribution >= 0.6 is 0 Å². The summed E-state index contributed by atoms with van der Waals surface area (Å²) >= 11 is 0. The van der Waals surface area contributed by atoms with E-state index in [1.807, 2.05) is 12.1 Å². The summed E-state index contributed by atoms with van der Waals surface area (Å²) in [6.07, 6.45) is 2.23. The molecule has 1 heterocycles. The van der Waals surface area contributed by atoms with Crippen molar-refractivity contribution in [2.75, 3.05) is 40.1 Å². The molecule has 0 unspecified atom stereocenters. The maximum Gasteiger partial charge on any atom is 0.119 e. The smallest absolute Gasteiger partial charge is 0.119 e. The number of benzene rings is 1. The third-order valence-corrected chi connectivity index (χ3v) is 3.56. The standard InChI is InChI=1S/C16H25NO3/c1-18-11-8-17-12-14-2-4-16(5-3-14)20-13-15-6-9-19-10-7-15/h2-5,15,17H,6-13H2,1H3. The van der Waals surface area contributed by atoms with Gasteiger partial charge < -0.3 is 19.5 Å². The average molecular weight is 279 g/mol. The van der Waals surface area contributed by atoms with E-state index in [1.54, 1.807) is 7.11 Å². The lowest BCUT2D eigenvalue weighted by atomic mass is 10.0. The van der Waals surface area contributed by atoms with Crippen LogP contribution in [0, 0.1) is 5.92 Å². The zero-order chi connectivity index (χ0) is 14.0. The van der Waals surface area contributed by atoms with Crippen molar-refractivity contribution in [3.63, 3.8) is 0 Å². The van der Waals surface area contributed by atoms with Crippen molar-refractivity contribution in [2.24, 2.45) is 5.92 Å². The number of hydrogen-bond acceptors (Lipinski definition) is 4. The van der Waals surface area contributed by atoms with Crippen LogP contribution in [0.3, 0.4) is 0 Å². The molecule has 0 saturated carbocycles. The number of rotatable bonds is 8. The summed E-state index contributed by atoms with van der Waals surface area (Å²) in [7, 11) is 1.71. The Morgan fingerprint density at radius 1 is 1.20 bits per heavy atom. The van der Waals surface area contributed by atoms with Gasteiger partial charge in [-0.3, -0.25) is 0 Å². The molecule has 0 amide bonds. The lowest BCUT2D eigenvalue weighted by Gasteiger charge is -2.22. The fourth-order valence-electron chi connectivity index (χ4n) is 2.24. The normalized spacial score (nSPS) is 16.2. The third-order valence-electron chi connectivity index (χ3n) is 3.56. The summed E-state index contributed by atoms with van der Waals surface area (Å²) in [5.74, 6) is 1.59. The predicted octanol–water partition coefficient (Wildman–Crippen LogP) is 2.23. The highest BCUT2D eigenvalue weighted by Gasteiger charge is 2.14. The third kappa shape index (κ3) is 5.49. The fraction of sp³-hybridized carbons (Fsp3) is 0.625. The van der Waals surface area contributed by atoms with Crippen LogP contribution in [-0.2, 0) is 16.0 Å². The average Bonchev–Trinajstić information content (AvgIpc) is 2.52. The molecule has 1 aliphatic rings. The van der Waals surface area contributed by atoms with Crippen molar-refractivity contribution in [2.45, 2.75) is 19.4 Å². The van der Waals surface area contributed by atoms with E-state index < -0.39 is 0 Å². The van der Waals surface area contributed by atoms with E-state index in [4.69, 9.17) is 14.2 Å². The molecular weight excluding hydrogens is 254 g/mol. The molecule has 112 valence electrons. The van der Waals surface area contributed by atoms with Gasteiger partial charge in [-0.1, -0.05) is 12.1 Å². The molecule has 0 radical (unpaired) electrons. The minimum absolute atomic E-state index is 0.638. The first kappa shape index (κ1) is 15.3. The van der Waals surface area contributed by atoms with Gasteiger partial charge in [0.05, 0.1) is 13.2 Å². The first-order chi connectivity index (χ1) is 9.88. The van der Waals surface area contributed by atoms with Crippen LogP contribution in [-0.4, -0.2) is 40.1 Å². The van der Waals surface area contributed by atoms with Crippen molar-refractivity contribution in [3.05, 3.63) is 29.8 Å². The van der Waals surface area contributed by atoms with E-state index in [0.29, 0.717) is 5.92 Å². The highest BCUT2D eigenvalue weighted by Crippen LogP contribution is 2.18. The van der Waals surface area contributed by atoms with Crippen LogP contribution in [0.25, 0.3) is 0 Å². The second-order valence-electron chi connectivity index (χ2n) is 5.18. The largest absolute Gasteiger partial charge is 0.493 e. The van der Waals surface area contributed by atoms with E-state index in [1.165, 1.54) is 5.56 Å². The van der Waals surface area contributed by atoms with Crippen LogP contribution in [0.1, 0.15) is 18.4 Å². The van der Waals surface area contributed by atoms with Gasteiger partial charge in [-0.25, -0.2) is 0 Å². The molecule has 20 heavy (non-hydrogen) atoms. The predicted molar refractivity (Wildman–Crippen MR) is 79.1 cm³/mol. The molecule has 0 aliphatic carbocycles. The molecule has 0 bridgehead atoms. The summed E-state index contributed by atoms with van der Waals surface area (Å²) in [5, 5.41) is 3.33. The summed E-state index contributed by atoms with van der Waals surface area (Å²) in [5.41, 5.74) is 1.26. The Morgan fingerprint density at radius 3 is 2.65 bits per heavy atom. The van der Waals surface area contributed by atoms with E-state index in [-0.39, 0.29) is 0 Å². The van der Waals surface area contributed by atoms with Gasteiger partial charge in [0.1, 0.15) is 5.75 Å². The molecule has 4 heteroatoms. The fourth-order valence-corrected chi connectivity index (χ4v) is 2.24. The molecule has 1 aliphatic heterocycles. The number of methoxy groups -OCH3 is 1. The van der Waals surface area contributed by atoms with Gasteiger partial charge in [0, 0.05) is 33.4 Å². The van der Waals surface area contributed by atoms with Crippen LogP contribution in [0.5, 0.6) is 5.75 Å². The molecule has 1 N–H and O–H groups in total. The second kappa shape index (κ2) is 8.95. The van der Waals surface area contributed by atoms with Crippen molar-refractivity contribution in [1.29, 1.82) is 0 Å². The Balaban J connectivity index is 1.68. The molecule has 4 nitrogen and oxygen atoms in total. The van der Waals surface area contributed by atoms with Gasteiger partial charge in [-0.15, -0.1) is 0 Å². The summed E-state index contributed by atoms with van der Waals surface area (Å²) in [4.78, 5) is 0. The van der Waals surface area contributed by atoms with Gasteiger partial charge in [0.15, 0.2) is 0 Å². The molecule has 0 spiro atoms. The first-order valence-electron chi connectivity index (χ1n) is 7.37. The van der Waals surface area contributed by atoms with Gasteiger partial charge in [0.2, 0.25) is 0 Å². The van der Waals surface area contributed by atoms with Gasteiger partial charge in [-0.2, -0.15) is 0 Å². The quantitative estimate of drug-likeness (QED) is 0.741. The summed E-state index contributed by atoms with van der Waals surface area (Å²) < 4.78 is 16.2. The molecule has 1 fully saturated rings. The molecule has 0 aromatic heterocycles. The lowest BCUT2D eigenvalue weighted by Crippen LogP contribution is -2.21. The zero-order valence-corrected chi connectivity index (χ0v) is 12.3. The molecule has 2 rings (SSSR count). The van der Waals surface area contributed by atoms with Crippen molar-refractivity contribution in [1.82, 2.24) is 5.32 Å². The number of ether oxygens (including phenoxy) is 3. The highest BCUT2D eigenvalue weighted by atomic mass is 16.5. The maximum absolute atomic E-state index is 5.85. The number of nitrogens with one attached hydrogen (secondary N) is 1. The molecule has 1 aromatic carbocycles. The Kier molecular flexibility index (Phi) is 6.84. The van der Waals surface area contributed by atoms with Crippen LogP contribution < -0.4 is 10.1 Å². The summed E-state index contributed by atoms with van der Waals surface area (Å²) in [6, 6.07) is 8.32. The molecule has 1 aromatic rings. The molecule has 0 atom stereocenters. The van der Waals surface area contributed by atoms with Crippen molar-refractivity contribution >= 4 is 0 Å². The monoisotopic (exact) mass is 279 g/mol. The zero-order valence-electron chi connectivity index (χ0n) is 12.3. The van der Waals surface area contributed by atoms with E-state index in [9.17, 15) is 0 Å². The van der Waals surface area contributed by atoms with Crippen molar-refractivity contribution < 1.29 is 14.2 Å².